The van der Waals surface area contributed by atoms with E-state index in [1.54, 1.807) is 24.3 Å². The van der Waals surface area contributed by atoms with Crippen molar-refractivity contribution in [3.05, 3.63) is 107 Å². The van der Waals surface area contributed by atoms with E-state index in [1.807, 2.05) is 29.0 Å². The van der Waals surface area contributed by atoms with E-state index in [4.69, 9.17) is 16.3 Å². The molecule has 0 saturated heterocycles. The second-order valence-electron chi connectivity index (χ2n) is 8.85. The molecule has 9 nitrogen and oxygen atoms in total. The van der Waals surface area contributed by atoms with E-state index in [1.165, 1.54) is 34.5 Å². The first-order valence-electron chi connectivity index (χ1n) is 12.7. The van der Waals surface area contributed by atoms with E-state index in [-0.39, 0.29) is 16.3 Å². The van der Waals surface area contributed by atoms with Gasteiger partial charge < -0.3 is 4.74 Å². The molecule has 206 valence electrons. The number of amides is 2. The number of aryl methyl sites for hydroxylation is 1. The number of nitriles is 1. The predicted molar refractivity (Wildman–Crippen MR) is 153 cm³/mol. The molecule has 11 heteroatoms. The minimum atomic E-state index is -4.18. The molecule has 4 aromatic rings. The van der Waals surface area contributed by atoms with Gasteiger partial charge in [-0.2, -0.15) is 10.4 Å². The molecule has 0 aliphatic rings. The van der Waals surface area contributed by atoms with Crippen molar-refractivity contribution in [2.75, 3.05) is 18.5 Å². The largest absolute Gasteiger partial charge is 0.381 e. The normalized spacial score (nSPS) is 11.1. The number of carbonyl (C=O) groups is 1. The number of nitrogens with zero attached hydrogens (tertiary/aromatic N) is 3. The fraction of sp³-hybridized carbons (Fsp3) is 0.207. The van der Waals surface area contributed by atoms with Gasteiger partial charge in [-0.1, -0.05) is 60.1 Å². The number of aromatic nitrogens is 2. The molecule has 1 heterocycles. The third-order valence-electron chi connectivity index (χ3n) is 5.98. The third kappa shape index (κ3) is 7.70. The molecule has 0 radical (unpaired) electrons. The van der Waals surface area contributed by atoms with Crippen LogP contribution < -0.4 is 10.0 Å². The van der Waals surface area contributed by atoms with E-state index >= 15 is 0 Å². The van der Waals surface area contributed by atoms with Gasteiger partial charge >= 0.3 is 6.03 Å². The van der Waals surface area contributed by atoms with Crippen molar-refractivity contribution >= 4 is 33.5 Å². The molecule has 0 spiro atoms. The lowest BCUT2D eigenvalue weighted by molar-refractivity contribution is 0.133. The summed E-state index contributed by atoms with van der Waals surface area (Å²) in [6, 6.07) is 25.6. The van der Waals surface area contributed by atoms with E-state index < -0.39 is 16.1 Å². The predicted octanol–water partition coefficient (Wildman–Crippen LogP) is 5.49. The third-order valence-corrected chi connectivity index (χ3v) is 7.58. The molecule has 1 aromatic heterocycles. The second kappa shape index (κ2) is 13.8. The SMILES string of the molecule is N#Cc1c(CCOCCCCc2ccccc2)nn(-c2ccccc2)c1NC(=O)NS(=O)(=O)c1ccc(Cl)cc1. The molecule has 4 rings (SSSR count). The Morgan fingerprint density at radius 3 is 2.27 bits per heavy atom. The van der Waals surface area contributed by atoms with Gasteiger partial charge in [-0.15, -0.1) is 0 Å². The molecular weight excluding hydrogens is 550 g/mol. The Morgan fingerprint density at radius 1 is 0.925 bits per heavy atom. The van der Waals surface area contributed by atoms with Gasteiger partial charge in [0.2, 0.25) is 0 Å². The standard InChI is InChI=1S/C29H28ClN5O4S/c30-23-14-16-25(17-15-23)40(37,38)34-29(36)32-28-26(21-31)27(33-35(28)24-12-5-2-6-13-24)18-20-39-19-8-7-11-22-9-3-1-4-10-22/h1-6,9-10,12-17H,7-8,11,18-20H2,(H2,32,34,36). The first kappa shape index (κ1) is 28.8. The van der Waals surface area contributed by atoms with Gasteiger partial charge in [-0.3, -0.25) is 5.32 Å². The second-order valence-corrected chi connectivity index (χ2v) is 11.0. The zero-order valence-electron chi connectivity index (χ0n) is 21.6. The van der Waals surface area contributed by atoms with E-state index in [0.29, 0.717) is 36.0 Å². The fourth-order valence-corrected chi connectivity index (χ4v) is 5.04. The highest BCUT2D eigenvalue weighted by Crippen LogP contribution is 2.24. The lowest BCUT2D eigenvalue weighted by Gasteiger charge is -2.11. The summed E-state index contributed by atoms with van der Waals surface area (Å²) in [6.07, 6.45) is 3.21. The van der Waals surface area contributed by atoms with Crippen LogP contribution in [-0.4, -0.2) is 37.4 Å². The van der Waals surface area contributed by atoms with Gasteiger partial charge in [0.05, 0.1) is 22.9 Å². The number of para-hydroxylation sites is 1. The summed E-state index contributed by atoms with van der Waals surface area (Å²) in [5.74, 6) is 0.0513. The molecule has 0 atom stereocenters. The topological polar surface area (TPSA) is 126 Å². The number of nitrogens with one attached hydrogen (secondary N) is 2. The highest BCUT2D eigenvalue weighted by molar-refractivity contribution is 7.90. The summed E-state index contributed by atoms with van der Waals surface area (Å²) in [5.41, 5.74) is 2.42. The smallest absolute Gasteiger partial charge is 0.334 e. The highest BCUT2D eigenvalue weighted by atomic mass is 35.5. The Labute approximate surface area is 238 Å². The van der Waals surface area contributed by atoms with Crippen LogP contribution in [-0.2, 0) is 27.6 Å². The van der Waals surface area contributed by atoms with E-state index in [0.717, 1.165) is 19.3 Å². The van der Waals surface area contributed by atoms with E-state index in [2.05, 4.69) is 28.6 Å². The highest BCUT2D eigenvalue weighted by Gasteiger charge is 2.23. The van der Waals surface area contributed by atoms with Crippen molar-refractivity contribution < 1.29 is 17.9 Å². The number of ether oxygens (including phenoxy) is 1. The Morgan fingerprint density at radius 2 is 1.60 bits per heavy atom. The van der Waals surface area contributed by atoms with Crippen LogP contribution in [0.25, 0.3) is 5.69 Å². The Hall–Kier alpha value is -4.17. The molecule has 0 unspecified atom stereocenters. The molecule has 2 amide bonds. The quantitative estimate of drug-likeness (QED) is 0.214. The van der Waals surface area contributed by atoms with Gasteiger partial charge in [0, 0.05) is 18.1 Å². The molecule has 0 fully saturated rings. The molecule has 0 aliphatic heterocycles. The number of benzene rings is 3. The van der Waals surface area contributed by atoms with Crippen LogP contribution in [0.15, 0.2) is 89.8 Å². The maximum absolute atomic E-state index is 12.8. The molecule has 0 aliphatic carbocycles. The summed E-state index contributed by atoms with van der Waals surface area (Å²) in [7, 11) is -4.18. The Kier molecular flexibility index (Phi) is 9.91. The number of hydrogen-bond donors (Lipinski definition) is 2. The van der Waals surface area contributed by atoms with Crippen LogP contribution in [0.2, 0.25) is 5.02 Å². The number of sulfonamides is 1. The van der Waals surface area contributed by atoms with Gasteiger partial charge in [-0.25, -0.2) is 22.6 Å². The van der Waals surface area contributed by atoms with Crippen LogP contribution in [0, 0.1) is 11.3 Å². The maximum Gasteiger partial charge on any atom is 0.334 e. The summed E-state index contributed by atoms with van der Waals surface area (Å²) < 4.78 is 34.5. The van der Waals surface area contributed by atoms with Crippen molar-refractivity contribution in [1.82, 2.24) is 14.5 Å². The van der Waals surface area contributed by atoms with Gasteiger partial charge in [0.25, 0.3) is 10.0 Å². The number of rotatable bonds is 12. The Balaban J connectivity index is 1.43. The average molecular weight is 578 g/mol. The first-order chi connectivity index (χ1) is 19.4. The number of urea groups is 1. The molecule has 3 aromatic carbocycles. The summed E-state index contributed by atoms with van der Waals surface area (Å²) in [4.78, 5) is 12.7. The lowest BCUT2D eigenvalue weighted by atomic mass is 10.1. The van der Waals surface area contributed by atoms with Crippen molar-refractivity contribution in [3.8, 4) is 11.8 Å². The van der Waals surface area contributed by atoms with Crippen molar-refractivity contribution in [3.63, 3.8) is 0 Å². The molecular formula is C29H28ClN5O4S. The number of halogens is 1. The lowest BCUT2D eigenvalue weighted by Crippen LogP contribution is -2.35. The molecule has 0 saturated carbocycles. The van der Waals surface area contributed by atoms with Gasteiger partial charge in [-0.05, 0) is 61.2 Å². The maximum atomic E-state index is 12.8. The molecule has 0 bridgehead atoms. The monoisotopic (exact) mass is 577 g/mol. The van der Waals surface area contributed by atoms with Crippen molar-refractivity contribution in [2.45, 2.75) is 30.6 Å². The number of hydrogen-bond acceptors (Lipinski definition) is 6. The minimum Gasteiger partial charge on any atom is -0.381 e. The van der Waals surface area contributed by atoms with E-state index in [9.17, 15) is 18.5 Å². The van der Waals surface area contributed by atoms with Crippen LogP contribution in [0.3, 0.4) is 0 Å². The summed E-state index contributed by atoms with van der Waals surface area (Å²) in [6.45, 7) is 0.909. The van der Waals surface area contributed by atoms with Crippen molar-refractivity contribution in [1.29, 1.82) is 5.26 Å². The van der Waals surface area contributed by atoms with Gasteiger partial charge in [0.1, 0.15) is 11.6 Å². The van der Waals surface area contributed by atoms with Crippen LogP contribution >= 0.6 is 11.6 Å². The fourth-order valence-electron chi connectivity index (χ4n) is 4.00. The Bertz CT molecular complexity index is 1570. The molecule has 40 heavy (non-hydrogen) atoms. The zero-order chi connectivity index (χ0) is 28.4. The van der Waals surface area contributed by atoms with Crippen LogP contribution in [0.5, 0.6) is 0 Å². The summed E-state index contributed by atoms with van der Waals surface area (Å²) >= 11 is 5.83. The molecule has 2 N–H and O–H groups in total. The van der Waals surface area contributed by atoms with Crippen LogP contribution in [0.1, 0.15) is 29.7 Å². The minimum absolute atomic E-state index is 0.0513. The number of unbranched alkanes of at least 4 members (excludes halogenated alkanes) is 1. The zero-order valence-corrected chi connectivity index (χ0v) is 23.2. The van der Waals surface area contributed by atoms with Crippen LogP contribution in [0.4, 0.5) is 10.6 Å². The summed E-state index contributed by atoms with van der Waals surface area (Å²) in [5, 5.41) is 17.4. The first-order valence-corrected chi connectivity index (χ1v) is 14.5. The van der Waals surface area contributed by atoms with Crippen molar-refractivity contribution in [2.24, 2.45) is 0 Å². The average Bonchev–Trinajstić information content (AvgIpc) is 3.30. The number of carbonyl (C=O) groups excluding carboxylic acids is 1. The van der Waals surface area contributed by atoms with Gasteiger partial charge in [0.15, 0.2) is 5.82 Å². The number of anilines is 1.